The summed E-state index contributed by atoms with van der Waals surface area (Å²) in [7, 11) is 0.538. The maximum Gasteiger partial charge on any atom is 0.407 e. The Balaban J connectivity index is 4.09. The maximum absolute atomic E-state index is 10.8. The second-order valence-electron chi connectivity index (χ2n) is 2.01. The molecule has 0 rings (SSSR count). The van der Waals surface area contributed by atoms with Crippen molar-refractivity contribution in [3.05, 3.63) is 11.8 Å². The molecule has 62 valence electrons. The van der Waals surface area contributed by atoms with Crippen LogP contribution in [0, 0.1) is 0 Å². The summed E-state index contributed by atoms with van der Waals surface area (Å²) in [6.07, 6.45) is 1.54. The third-order valence-electron chi connectivity index (χ3n) is 1.06. The number of carbonyl (C=O) groups excluding carboxylic acids is 1. The largest absolute Gasteiger partial charge is 0.464 e. The van der Waals surface area contributed by atoms with E-state index in [0.29, 0.717) is 0 Å². The molecule has 0 aliphatic heterocycles. The van der Waals surface area contributed by atoms with Gasteiger partial charge in [0.05, 0.1) is 7.11 Å². The minimum absolute atomic E-state index is 0.266. The first-order valence-corrected chi connectivity index (χ1v) is 3.31. The molecule has 0 aromatic heterocycles. The zero-order valence-corrected chi connectivity index (χ0v) is 6.92. The summed E-state index contributed by atoms with van der Waals surface area (Å²) in [6.45, 7) is 3.20. The molecule has 0 saturated heterocycles. The summed E-state index contributed by atoms with van der Waals surface area (Å²) >= 11 is 0. The van der Waals surface area contributed by atoms with Crippen molar-refractivity contribution in [1.82, 2.24) is 5.23 Å². The second kappa shape index (κ2) is 4.79. The van der Waals surface area contributed by atoms with Gasteiger partial charge in [-0.25, -0.2) is 4.79 Å². The van der Waals surface area contributed by atoms with Gasteiger partial charge >= 0.3 is 13.0 Å². The Morgan fingerprint density at radius 2 is 2.27 bits per heavy atom. The highest BCUT2D eigenvalue weighted by Crippen LogP contribution is 1.91. The number of esters is 1. The SMILES string of the molecule is C/C=C(/NB(C)O)C(=O)OC. The van der Waals surface area contributed by atoms with E-state index in [1.54, 1.807) is 13.0 Å². The molecule has 2 N–H and O–H groups in total. The fourth-order valence-electron chi connectivity index (χ4n) is 0.595. The van der Waals surface area contributed by atoms with Crippen molar-refractivity contribution in [2.24, 2.45) is 0 Å². The number of carbonyl (C=O) groups is 1. The highest BCUT2D eigenvalue weighted by Gasteiger charge is 2.11. The van der Waals surface area contributed by atoms with E-state index in [2.05, 4.69) is 9.96 Å². The molecule has 0 spiro atoms. The zero-order chi connectivity index (χ0) is 8.85. The third-order valence-corrected chi connectivity index (χ3v) is 1.06. The topological polar surface area (TPSA) is 58.6 Å². The van der Waals surface area contributed by atoms with Crippen LogP contribution in [-0.2, 0) is 9.53 Å². The summed E-state index contributed by atoms with van der Waals surface area (Å²) in [4.78, 5) is 10.8. The molecule has 5 heteroatoms. The van der Waals surface area contributed by atoms with Gasteiger partial charge < -0.3 is 15.0 Å². The van der Waals surface area contributed by atoms with Gasteiger partial charge in [0.1, 0.15) is 5.70 Å². The fourth-order valence-corrected chi connectivity index (χ4v) is 0.595. The van der Waals surface area contributed by atoms with E-state index in [-0.39, 0.29) is 5.70 Å². The van der Waals surface area contributed by atoms with Gasteiger partial charge in [-0.1, -0.05) is 6.08 Å². The van der Waals surface area contributed by atoms with Crippen molar-refractivity contribution < 1.29 is 14.6 Å². The minimum atomic E-state index is -0.750. The molecular formula is C6H12BNO3. The molecule has 4 nitrogen and oxygen atoms in total. The molecule has 0 unspecified atom stereocenters. The van der Waals surface area contributed by atoms with Gasteiger partial charge in [-0.05, 0) is 13.7 Å². The van der Waals surface area contributed by atoms with Crippen molar-refractivity contribution in [1.29, 1.82) is 0 Å². The molecule has 0 heterocycles. The monoisotopic (exact) mass is 157 g/mol. The number of hydrogen-bond acceptors (Lipinski definition) is 4. The average Bonchev–Trinajstić information content (AvgIpc) is 1.98. The van der Waals surface area contributed by atoms with Crippen LogP contribution in [0.15, 0.2) is 11.8 Å². The van der Waals surface area contributed by atoms with E-state index in [1.165, 1.54) is 13.9 Å². The highest BCUT2D eigenvalue weighted by molar-refractivity contribution is 6.46. The minimum Gasteiger partial charge on any atom is -0.464 e. The normalized spacial score (nSPS) is 10.7. The van der Waals surface area contributed by atoms with Crippen molar-refractivity contribution in [2.75, 3.05) is 7.11 Å². The Kier molecular flexibility index (Phi) is 4.37. The Bertz CT molecular complexity index is 167. The highest BCUT2D eigenvalue weighted by atomic mass is 16.5. The van der Waals surface area contributed by atoms with Gasteiger partial charge in [0.2, 0.25) is 0 Å². The van der Waals surface area contributed by atoms with Gasteiger partial charge in [-0.15, -0.1) is 0 Å². The summed E-state index contributed by atoms with van der Waals surface area (Å²) < 4.78 is 4.42. The van der Waals surface area contributed by atoms with Crippen LogP contribution >= 0.6 is 0 Å². The quantitative estimate of drug-likeness (QED) is 0.337. The van der Waals surface area contributed by atoms with Crippen molar-refractivity contribution in [2.45, 2.75) is 13.7 Å². The van der Waals surface area contributed by atoms with Gasteiger partial charge in [0.25, 0.3) is 0 Å². The van der Waals surface area contributed by atoms with Crippen LogP contribution < -0.4 is 5.23 Å². The fraction of sp³-hybridized carbons (Fsp3) is 0.500. The van der Waals surface area contributed by atoms with Crippen LogP contribution in [0.1, 0.15) is 6.92 Å². The van der Waals surface area contributed by atoms with Crippen molar-refractivity contribution in [3.63, 3.8) is 0 Å². The summed E-state index contributed by atoms with van der Waals surface area (Å²) in [5, 5.41) is 11.4. The third kappa shape index (κ3) is 3.67. The maximum atomic E-state index is 10.8. The first kappa shape index (κ1) is 10.0. The van der Waals surface area contributed by atoms with Gasteiger partial charge in [-0.2, -0.15) is 0 Å². The van der Waals surface area contributed by atoms with E-state index >= 15 is 0 Å². The number of hydrogen-bond donors (Lipinski definition) is 2. The zero-order valence-electron chi connectivity index (χ0n) is 6.92. The molecule has 11 heavy (non-hydrogen) atoms. The molecule has 0 aromatic rings. The molecule has 0 amide bonds. The Morgan fingerprint density at radius 1 is 1.73 bits per heavy atom. The van der Waals surface area contributed by atoms with Gasteiger partial charge in [0, 0.05) is 0 Å². The van der Waals surface area contributed by atoms with Crippen LogP contribution in [0.4, 0.5) is 0 Å². The molecule has 0 radical (unpaired) electrons. The molecule has 0 aliphatic carbocycles. The summed E-state index contributed by atoms with van der Waals surface area (Å²) in [5.74, 6) is -0.478. The number of nitrogens with one attached hydrogen (secondary N) is 1. The van der Waals surface area contributed by atoms with E-state index in [4.69, 9.17) is 5.02 Å². The van der Waals surface area contributed by atoms with E-state index in [0.717, 1.165) is 0 Å². The smallest absolute Gasteiger partial charge is 0.407 e. The standard InChI is InChI=1S/C6H12BNO3/c1-4-5(6(9)11-3)8-7(2)10/h4,8,10H,1-3H3/b5-4+. The molecule has 0 atom stereocenters. The molecule has 0 saturated carbocycles. The van der Waals surface area contributed by atoms with Gasteiger partial charge in [0.15, 0.2) is 0 Å². The van der Waals surface area contributed by atoms with Crippen molar-refractivity contribution in [3.8, 4) is 0 Å². The van der Waals surface area contributed by atoms with Crippen LogP contribution in [-0.4, -0.2) is 25.2 Å². The van der Waals surface area contributed by atoms with E-state index in [9.17, 15) is 4.79 Å². The lowest BCUT2D eigenvalue weighted by Gasteiger charge is -2.07. The molecule has 0 fully saturated rings. The number of methoxy groups -OCH3 is 1. The van der Waals surface area contributed by atoms with Gasteiger partial charge in [-0.3, -0.25) is 0 Å². The lowest BCUT2D eigenvalue weighted by molar-refractivity contribution is -0.136. The van der Waals surface area contributed by atoms with Crippen LogP contribution in [0.2, 0.25) is 6.82 Å². The lowest BCUT2D eigenvalue weighted by atomic mass is 9.88. The Hall–Kier alpha value is -0.965. The Labute approximate surface area is 66.4 Å². The van der Waals surface area contributed by atoms with Crippen LogP contribution in [0.25, 0.3) is 0 Å². The Morgan fingerprint density at radius 3 is 2.55 bits per heavy atom. The first-order valence-electron chi connectivity index (χ1n) is 3.31. The van der Waals surface area contributed by atoms with E-state index in [1.807, 2.05) is 0 Å². The van der Waals surface area contributed by atoms with E-state index < -0.39 is 13.0 Å². The number of allylic oxidation sites excluding steroid dienone is 1. The first-order chi connectivity index (χ1) is 5.11. The number of rotatable bonds is 3. The van der Waals surface area contributed by atoms with Crippen LogP contribution in [0.3, 0.4) is 0 Å². The lowest BCUT2D eigenvalue weighted by Crippen LogP contribution is -2.33. The molecule has 0 aromatic carbocycles. The van der Waals surface area contributed by atoms with Crippen LogP contribution in [0.5, 0.6) is 0 Å². The van der Waals surface area contributed by atoms with Crippen molar-refractivity contribution >= 4 is 13.0 Å². The summed E-state index contributed by atoms with van der Waals surface area (Å²) in [5.41, 5.74) is 0.266. The predicted octanol–water partition coefficient (Wildman–Crippen LogP) is -0.237. The average molecular weight is 157 g/mol. The molecule has 0 aliphatic rings. The second-order valence-corrected chi connectivity index (χ2v) is 2.01. The number of ether oxygens (including phenoxy) is 1. The predicted molar refractivity (Wildman–Crippen MR) is 42.7 cm³/mol. The summed E-state index contributed by atoms with van der Waals surface area (Å²) in [6, 6.07) is 0. The molecule has 0 bridgehead atoms. The molecular weight excluding hydrogens is 145 g/mol.